The number of rotatable bonds is 6. The van der Waals surface area contributed by atoms with Crippen LogP contribution in [0.3, 0.4) is 0 Å². The third kappa shape index (κ3) is 5.32. The van der Waals surface area contributed by atoms with Crippen LogP contribution in [0, 0.1) is 0 Å². The Hall–Kier alpha value is -2.50. The van der Waals surface area contributed by atoms with Crippen LogP contribution in [0.15, 0.2) is 41.7 Å². The zero-order valence-electron chi connectivity index (χ0n) is 14.0. The fourth-order valence-corrected chi connectivity index (χ4v) is 2.37. The number of guanidine groups is 1. The average molecular weight is 315 g/mol. The maximum Gasteiger partial charge on any atom is 0.193 e. The monoisotopic (exact) mass is 315 g/mol. The largest absolute Gasteiger partial charge is 0.508 e. The maximum absolute atomic E-state index is 9.50. The molecule has 6 nitrogen and oxygen atoms in total. The summed E-state index contributed by atoms with van der Waals surface area (Å²) in [6.07, 6.45) is 4.67. The molecule has 0 saturated carbocycles. The summed E-state index contributed by atoms with van der Waals surface area (Å²) in [5.74, 6) is 1.17. The predicted molar refractivity (Wildman–Crippen MR) is 92.5 cm³/mol. The molecule has 0 saturated heterocycles. The lowest BCUT2D eigenvalue weighted by Gasteiger charge is -2.21. The Morgan fingerprint density at radius 1 is 1.39 bits per heavy atom. The zero-order valence-corrected chi connectivity index (χ0v) is 14.0. The second-order valence-corrected chi connectivity index (χ2v) is 5.53. The minimum Gasteiger partial charge on any atom is -0.508 e. The highest BCUT2D eigenvalue weighted by Crippen LogP contribution is 2.11. The molecule has 0 fully saturated rings. The Kier molecular flexibility index (Phi) is 6.02. The molecule has 2 N–H and O–H groups in total. The molecule has 2 rings (SSSR count). The number of aromatic nitrogens is 2. The molecule has 0 aliphatic rings. The number of hydrogen-bond acceptors (Lipinski definition) is 3. The smallest absolute Gasteiger partial charge is 0.193 e. The van der Waals surface area contributed by atoms with Gasteiger partial charge in [-0.2, -0.15) is 5.10 Å². The van der Waals surface area contributed by atoms with E-state index < -0.39 is 0 Å². The van der Waals surface area contributed by atoms with Crippen molar-refractivity contribution in [2.24, 2.45) is 12.0 Å². The van der Waals surface area contributed by atoms with E-state index in [2.05, 4.69) is 27.2 Å². The summed E-state index contributed by atoms with van der Waals surface area (Å²) in [4.78, 5) is 6.75. The number of hydrogen-bond donors (Lipinski definition) is 2. The predicted octanol–water partition coefficient (Wildman–Crippen LogP) is 1.77. The maximum atomic E-state index is 9.50. The normalized spacial score (nSPS) is 11.5. The highest BCUT2D eigenvalue weighted by atomic mass is 16.3. The van der Waals surface area contributed by atoms with Crippen molar-refractivity contribution >= 4 is 5.96 Å². The van der Waals surface area contributed by atoms with Crippen LogP contribution >= 0.6 is 0 Å². The molecule has 1 aromatic heterocycles. The first-order valence-electron chi connectivity index (χ1n) is 7.83. The van der Waals surface area contributed by atoms with Gasteiger partial charge in [-0.05, 0) is 31.0 Å². The van der Waals surface area contributed by atoms with Crippen LogP contribution < -0.4 is 5.32 Å². The number of benzene rings is 1. The SMILES string of the molecule is CCNC(=NCCc1cccc(O)c1)N(C)Cc1cnn(C)c1. The molecule has 6 heteroatoms. The molecule has 0 atom stereocenters. The Morgan fingerprint density at radius 3 is 2.87 bits per heavy atom. The summed E-state index contributed by atoms with van der Waals surface area (Å²) in [6, 6.07) is 7.32. The average Bonchev–Trinajstić information content (AvgIpc) is 2.91. The molecule has 0 amide bonds. The van der Waals surface area contributed by atoms with Gasteiger partial charge in [0.25, 0.3) is 0 Å². The van der Waals surface area contributed by atoms with Crippen LogP contribution in [0.4, 0.5) is 0 Å². The van der Waals surface area contributed by atoms with Gasteiger partial charge in [0.1, 0.15) is 5.75 Å². The molecular weight excluding hydrogens is 290 g/mol. The summed E-state index contributed by atoms with van der Waals surface area (Å²) in [7, 11) is 3.93. The molecule has 2 aromatic rings. The lowest BCUT2D eigenvalue weighted by Crippen LogP contribution is -2.38. The first-order chi connectivity index (χ1) is 11.1. The lowest BCUT2D eigenvalue weighted by molar-refractivity contribution is 0.474. The number of phenols is 1. The number of nitrogens with one attached hydrogen (secondary N) is 1. The van der Waals surface area contributed by atoms with E-state index in [1.54, 1.807) is 16.8 Å². The van der Waals surface area contributed by atoms with Gasteiger partial charge in [-0.25, -0.2) is 0 Å². The Labute approximate surface area is 137 Å². The lowest BCUT2D eigenvalue weighted by atomic mass is 10.1. The summed E-state index contributed by atoms with van der Waals surface area (Å²) in [6.45, 7) is 4.31. The van der Waals surface area contributed by atoms with E-state index in [9.17, 15) is 5.11 Å². The van der Waals surface area contributed by atoms with Crippen molar-refractivity contribution in [3.05, 3.63) is 47.8 Å². The van der Waals surface area contributed by atoms with Gasteiger partial charge in [-0.15, -0.1) is 0 Å². The standard InChI is InChI=1S/C17H25N5O/c1-4-18-17(21(2)12-15-11-20-22(3)13-15)19-9-8-14-6-5-7-16(23)10-14/h5-7,10-11,13,23H,4,8-9,12H2,1-3H3,(H,18,19). The van der Waals surface area contributed by atoms with Crippen molar-refractivity contribution in [3.8, 4) is 5.75 Å². The van der Waals surface area contributed by atoms with Gasteiger partial charge in [-0.1, -0.05) is 12.1 Å². The summed E-state index contributed by atoms with van der Waals surface area (Å²) < 4.78 is 1.80. The fourth-order valence-electron chi connectivity index (χ4n) is 2.37. The number of aryl methyl sites for hydroxylation is 1. The number of aromatic hydroxyl groups is 1. The molecule has 0 aliphatic carbocycles. The van der Waals surface area contributed by atoms with Gasteiger partial charge < -0.3 is 15.3 Å². The van der Waals surface area contributed by atoms with Gasteiger partial charge in [0.2, 0.25) is 0 Å². The van der Waals surface area contributed by atoms with Crippen molar-refractivity contribution in [1.29, 1.82) is 0 Å². The van der Waals surface area contributed by atoms with Crippen molar-refractivity contribution < 1.29 is 5.11 Å². The molecule has 0 unspecified atom stereocenters. The molecule has 0 bridgehead atoms. The van der Waals surface area contributed by atoms with Crippen LogP contribution in [0.25, 0.3) is 0 Å². The highest BCUT2D eigenvalue weighted by molar-refractivity contribution is 5.79. The van der Waals surface area contributed by atoms with Crippen LogP contribution in [0.2, 0.25) is 0 Å². The quantitative estimate of drug-likeness (QED) is 0.630. The van der Waals surface area contributed by atoms with E-state index in [1.165, 1.54) is 0 Å². The minimum absolute atomic E-state index is 0.298. The number of nitrogens with zero attached hydrogens (tertiary/aromatic N) is 4. The van der Waals surface area contributed by atoms with Crippen molar-refractivity contribution in [2.45, 2.75) is 19.9 Å². The third-order valence-electron chi connectivity index (χ3n) is 3.45. The van der Waals surface area contributed by atoms with Crippen LogP contribution in [0.1, 0.15) is 18.1 Å². The molecule has 1 heterocycles. The van der Waals surface area contributed by atoms with Crippen molar-refractivity contribution in [1.82, 2.24) is 20.0 Å². The molecule has 0 aliphatic heterocycles. The van der Waals surface area contributed by atoms with E-state index in [4.69, 9.17) is 0 Å². The first-order valence-corrected chi connectivity index (χ1v) is 7.83. The van der Waals surface area contributed by atoms with Gasteiger partial charge >= 0.3 is 0 Å². The Balaban J connectivity index is 1.95. The second kappa shape index (κ2) is 8.22. The molecule has 1 aromatic carbocycles. The summed E-state index contributed by atoms with van der Waals surface area (Å²) in [5, 5.41) is 17.0. The number of phenolic OH excluding ortho intramolecular Hbond substituents is 1. The molecule has 124 valence electrons. The van der Waals surface area contributed by atoms with Crippen LogP contribution in [-0.2, 0) is 20.0 Å². The van der Waals surface area contributed by atoms with Gasteiger partial charge in [-0.3, -0.25) is 9.67 Å². The molecule has 0 spiro atoms. The fraction of sp³-hybridized carbons (Fsp3) is 0.412. The van der Waals surface area contributed by atoms with Crippen LogP contribution in [-0.4, -0.2) is 45.9 Å². The first kappa shape index (κ1) is 16.9. The Bertz CT molecular complexity index is 650. The van der Waals surface area contributed by atoms with E-state index in [0.29, 0.717) is 12.3 Å². The zero-order chi connectivity index (χ0) is 16.7. The van der Waals surface area contributed by atoms with E-state index in [-0.39, 0.29) is 0 Å². The molecule has 0 radical (unpaired) electrons. The van der Waals surface area contributed by atoms with E-state index >= 15 is 0 Å². The van der Waals surface area contributed by atoms with Crippen molar-refractivity contribution in [3.63, 3.8) is 0 Å². The van der Waals surface area contributed by atoms with Gasteiger partial charge in [0.15, 0.2) is 5.96 Å². The topological polar surface area (TPSA) is 65.7 Å². The highest BCUT2D eigenvalue weighted by Gasteiger charge is 2.07. The van der Waals surface area contributed by atoms with Crippen LogP contribution in [0.5, 0.6) is 5.75 Å². The van der Waals surface area contributed by atoms with E-state index in [1.807, 2.05) is 38.6 Å². The van der Waals surface area contributed by atoms with E-state index in [0.717, 1.165) is 36.6 Å². The summed E-state index contributed by atoms with van der Waals surface area (Å²) >= 11 is 0. The minimum atomic E-state index is 0.298. The molecular formula is C17H25N5O. The van der Waals surface area contributed by atoms with Gasteiger partial charge in [0.05, 0.1) is 6.20 Å². The third-order valence-corrected chi connectivity index (χ3v) is 3.45. The Morgan fingerprint density at radius 2 is 2.22 bits per heavy atom. The number of aliphatic imine (C=N–C) groups is 1. The molecule has 23 heavy (non-hydrogen) atoms. The summed E-state index contributed by atoms with van der Waals surface area (Å²) in [5.41, 5.74) is 2.23. The second-order valence-electron chi connectivity index (χ2n) is 5.53. The van der Waals surface area contributed by atoms with Crippen molar-refractivity contribution in [2.75, 3.05) is 20.1 Å². The van der Waals surface area contributed by atoms with Gasteiger partial charge in [0, 0.05) is 45.5 Å².